The maximum absolute atomic E-state index is 10.7. The zero-order chi connectivity index (χ0) is 10.8. The molecule has 0 radical (unpaired) electrons. The van der Waals surface area contributed by atoms with Crippen LogP contribution >= 0.6 is 11.8 Å². The molecule has 0 saturated heterocycles. The van der Waals surface area contributed by atoms with Crippen molar-refractivity contribution >= 4 is 25.1 Å². The van der Waals surface area contributed by atoms with Gasteiger partial charge in [0.15, 0.2) is 6.54 Å². The highest BCUT2D eigenvalue weighted by molar-refractivity contribution is 7.99. The van der Waals surface area contributed by atoms with Gasteiger partial charge in [0.1, 0.15) is 5.75 Å². The van der Waals surface area contributed by atoms with Crippen LogP contribution in [0.15, 0.2) is 0 Å². The zero-order valence-corrected chi connectivity index (χ0v) is 9.23. The molecular formula is C7H15BFNO3S. The summed E-state index contributed by atoms with van der Waals surface area (Å²) in [7, 11) is -1.35. The van der Waals surface area contributed by atoms with E-state index in [1.807, 2.05) is 18.7 Å². The molecule has 1 heterocycles. The number of thioether (sulfide) groups is 1. The summed E-state index contributed by atoms with van der Waals surface area (Å²) in [5, 5.41) is 9.01. The molecule has 1 N–H and O–H groups in total. The Morgan fingerprint density at radius 2 is 2.36 bits per heavy atom. The van der Waals surface area contributed by atoms with E-state index in [0.29, 0.717) is 0 Å². The van der Waals surface area contributed by atoms with Crippen molar-refractivity contribution in [2.75, 3.05) is 31.8 Å². The van der Waals surface area contributed by atoms with E-state index in [0.717, 1.165) is 31.9 Å². The van der Waals surface area contributed by atoms with Gasteiger partial charge >= 0.3 is 13.3 Å². The van der Waals surface area contributed by atoms with Crippen molar-refractivity contribution in [3.05, 3.63) is 0 Å². The number of ether oxygens (including phenoxy) is 1. The van der Waals surface area contributed by atoms with Gasteiger partial charge in [0.05, 0.1) is 12.4 Å². The van der Waals surface area contributed by atoms with Crippen LogP contribution in [0, 0.1) is 0 Å². The highest BCUT2D eigenvalue weighted by Gasteiger charge is 2.10. The van der Waals surface area contributed by atoms with E-state index in [-0.39, 0.29) is 0 Å². The largest absolute Gasteiger partial charge is 0.828 e. The second kappa shape index (κ2) is 9.30. The van der Waals surface area contributed by atoms with Crippen LogP contribution in [0.2, 0.25) is 0 Å². The number of nitrogens with one attached hydrogen (secondary N) is 1. The van der Waals surface area contributed by atoms with Gasteiger partial charge < -0.3 is 18.7 Å². The Morgan fingerprint density at radius 1 is 1.71 bits per heavy atom. The first-order valence-electron chi connectivity index (χ1n) is 4.33. The lowest BCUT2D eigenvalue weighted by molar-refractivity contribution is -0.463. The molecule has 0 atom stereocenters. The maximum Gasteiger partial charge on any atom is 0.398 e. The predicted octanol–water partition coefficient (Wildman–Crippen LogP) is -1.80. The van der Waals surface area contributed by atoms with Crippen LogP contribution < -0.4 is 10.0 Å². The van der Waals surface area contributed by atoms with Crippen molar-refractivity contribution in [1.29, 1.82) is 0 Å². The fourth-order valence-corrected chi connectivity index (χ4v) is 1.51. The normalized spacial score (nSPS) is 15.0. The van der Waals surface area contributed by atoms with Gasteiger partial charge in [-0.05, 0) is 6.92 Å². The molecule has 0 spiro atoms. The molecule has 0 aliphatic carbocycles. The Morgan fingerprint density at radius 3 is 2.71 bits per heavy atom. The van der Waals surface area contributed by atoms with Gasteiger partial charge in [-0.1, -0.05) is 0 Å². The Balaban J connectivity index is 0.000000292. The van der Waals surface area contributed by atoms with Gasteiger partial charge in [-0.25, -0.2) is 4.99 Å². The molecular weight excluding hydrogens is 208 g/mol. The zero-order valence-electron chi connectivity index (χ0n) is 8.42. The molecule has 1 aliphatic heterocycles. The molecule has 0 aromatic rings. The Kier molecular flexibility index (Phi) is 9.12. The lowest BCUT2D eigenvalue weighted by Crippen LogP contribution is -2.76. The fourth-order valence-electron chi connectivity index (χ4n) is 0.745. The predicted molar refractivity (Wildman–Crippen MR) is 53.7 cm³/mol. The van der Waals surface area contributed by atoms with E-state index in [4.69, 9.17) is 9.76 Å². The van der Waals surface area contributed by atoms with Crippen LogP contribution in [0.5, 0.6) is 0 Å². The number of halogens is 1. The summed E-state index contributed by atoms with van der Waals surface area (Å²) in [4.78, 5) is 3.19. The van der Waals surface area contributed by atoms with Crippen LogP contribution in [-0.2, 0) is 9.39 Å². The average Bonchev–Trinajstić information content (AvgIpc) is 2.21. The van der Waals surface area contributed by atoms with Gasteiger partial charge in [0.25, 0.3) is 0 Å². The molecule has 4 nitrogen and oxygen atoms in total. The molecule has 0 aromatic heterocycles. The SMILES string of the molecule is CCOC1=[NH+]CCSC1.COB([O-])F. The summed E-state index contributed by atoms with van der Waals surface area (Å²) >= 11 is 1.92. The van der Waals surface area contributed by atoms with Gasteiger partial charge in [-0.15, -0.1) is 11.8 Å². The summed E-state index contributed by atoms with van der Waals surface area (Å²) in [6.07, 6.45) is 0. The second-order valence-corrected chi connectivity index (χ2v) is 3.45. The van der Waals surface area contributed by atoms with Crippen molar-refractivity contribution in [3.63, 3.8) is 0 Å². The molecule has 0 aromatic carbocycles. The van der Waals surface area contributed by atoms with Gasteiger partial charge in [0, 0.05) is 7.11 Å². The monoisotopic (exact) mass is 223 g/mol. The standard InChI is InChI=1S/C6H11NOS.CH3BFO2/c1-2-8-6-5-9-4-3-7-6;1-5-2(3)4/h2-5H2,1H3;1H3/q;-1/p+1. The molecule has 0 unspecified atom stereocenters. The average molecular weight is 223 g/mol. The number of rotatable bonds is 2. The summed E-state index contributed by atoms with van der Waals surface area (Å²) in [5.41, 5.74) is 0. The van der Waals surface area contributed by atoms with E-state index < -0.39 is 7.40 Å². The first-order valence-corrected chi connectivity index (χ1v) is 5.49. The molecule has 0 fully saturated rings. The van der Waals surface area contributed by atoms with Gasteiger partial charge in [0.2, 0.25) is 0 Å². The molecule has 1 rings (SSSR count). The van der Waals surface area contributed by atoms with Gasteiger partial charge in [-0.3, -0.25) is 0 Å². The third kappa shape index (κ3) is 8.34. The fraction of sp³-hybridized carbons (Fsp3) is 0.857. The minimum Gasteiger partial charge on any atom is -0.828 e. The van der Waals surface area contributed by atoms with Crippen LogP contribution in [0.25, 0.3) is 0 Å². The molecule has 14 heavy (non-hydrogen) atoms. The molecule has 0 amide bonds. The minimum atomic E-state index is -2.37. The molecule has 0 bridgehead atoms. The summed E-state index contributed by atoms with van der Waals surface area (Å²) in [6, 6.07) is 0. The Hall–Kier alpha value is -0.265. The first-order chi connectivity index (χ1) is 6.70. The van der Waals surface area contributed by atoms with Gasteiger partial charge in [-0.2, -0.15) is 0 Å². The van der Waals surface area contributed by atoms with E-state index >= 15 is 0 Å². The van der Waals surface area contributed by atoms with E-state index in [1.165, 1.54) is 5.75 Å². The van der Waals surface area contributed by atoms with Crippen LogP contribution in [0.3, 0.4) is 0 Å². The Bertz CT molecular complexity index is 171. The lowest BCUT2D eigenvalue weighted by Gasteiger charge is -2.04. The summed E-state index contributed by atoms with van der Waals surface area (Å²) < 4.78 is 19.4. The highest BCUT2D eigenvalue weighted by atomic mass is 32.2. The third-order valence-corrected chi connectivity index (χ3v) is 2.26. The summed E-state index contributed by atoms with van der Waals surface area (Å²) in [5.74, 6) is 3.28. The van der Waals surface area contributed by atoms with Crippen molar-refractivity contribution in [3.8, 4) is 0 Å². The number of hydrogen-bond donors (Lipinski definition) is 1. The van der Waals surface area contributed by atoms with Crippen molar-refractivity contribution in [1.82, 2.24) is 0 Å². The Labute approximate surface area is 88.1 Å². The minimum absolute atomic E-state index is 0.781. The third-order valence-electron chi connectivity index (χ3n) is 1.31. The van der Waals surface area contributed by atoms with E-state index in [9.17, 15) is 4.32 Å². The molecule has 7 heteroatoms. The van der Waals surface area contributed by atoms with Crippen LogP contribution in [0.4, 0.5) is 4.32 Å². The highest BCUT2D eigenvalue weighted by Crippen LogP contribution is 1.99. The first kappa shape index (κ1) is 13.7. The maximum atomic E-state index is 10.7. The van der Waals surface area contributed by atoms with Crippen LogP contribution in [0.1, 0.15) is 6.92 Å². The lowest BCUT2D eigenvalue weighted by atomic mass is 10.3. The quantitative estimate of drug-likeness (QED) is 0.561. The van der Waals surface area contributed by atoms with E-state index in [1.54, 1.807) is 0 Å². The second-order valence-electron chi connectivity index (χ2n) is 2.35. The summed E-state index contributed by atoms with van der Waals surface area (Å²) in [6.45, 7) is 3.84. The van der Waals surface area contributed by atoms with E-state index in [2.05, 4.69) is 9.65 Å². The van der Waals surface area contributed by atoms with Crippen molar-refractivity contribution in [2.45, 2.75) is 6.92 Å². The van der Waals surface area contributed by atoms with Crippen molar-refractivity contribution < 1.29 is 23.7 Å². The van der Waals surface area contributed by atoms with Crippen molar-refractivity contribution in [2.24, 2.45) is 0 Å². The smallest absolute Gasteiger partial charge is 0.398 e. The molecule has 0 saturated carbocycles. The molecule has 82 valence electrons. The molecule has 1 aliphatic rings. The van der Waals surface area contributed by atoms with Crippen LogP contribution in [-0.4, -0.2) is 45.1 Å². The topological polar surface area (TPSA) is 55.5 Å². The number of hydrogen-bond acceptors (Lipinski definition) is 4.